The van der Waals surface area contributed by atoms with E-state index in [1.807, 2.05) is 7.05 Å². The molecule has 2 fully saturated rings. The van der Waals surface area contributed by atoms with Crippen molar-refractivity contribution in [1.82, 2.24) is 14.8 Å². The monoisotopic (exact) mass is 310 g/mol. The third-order valence-corrected chi connectivity index (χ3v) is 5.36. The van der Waals surface area contributed by atoms with Crippen molar-refractivity contribution in [3.8, 4) is 0 Å². The number of ether oxygens (including phenoxy) is 1. The lowest BCUT2D eigenvalue weighted by molar-refractivity contribution is 0.0151. The quantitative estimate of drug-likeness (QED) is 0.899. The molecule has 5 nitrogen and oxygen atoms in total. The first-order valence-corrected chi connectivity index (χ1v) is 8.89. The second-order valence-electron chi connectivity index (χ2n) is 5.93. The van der Waals surface area contributed by atoms with Crippen LogP contribution in [0.15, 0.2) is 5.38 Å². The first-order chi connectivity index (χ1) is 10.3. The Morgan fingerprint density at radius 2 is 2.19 bits per heavy atom. The summed E-state index contributed by atoms with van der Waals surface area (Å²) in [5.41, 5.74) is 1.21. The lowest BCUT2D eigenvalue weighted by Gasteiger charge is -2.39. The summed E-state index contributed by atoms with van der Waals surface area (Å²) in [5.74, 6) is 0. The van der Waals surface area contributed by atoms with Crippen LogP contribution >= 0.6 is 11.3 Å². The number of likely N-dealkylation sites (tertiary alicyclic amines) is 1. The number of nitrogens with zero attached hydrogens (tertiary/aromatic N) is 3. The fourth-order valence-electron chi connectivity index (χ4n) is 3.26. The average molecular weight is 310 g/mol. The van der Waals surface area contributed by atoms with E-state index < -0.39 is 0 Å². The molecule has 118 valence electrons. The average Bonchev–Trinajstić information content (AvgIpc) is 2.98. The molecule has 1 atom stereocenters. The van der Waals surface area contributed by atoms with Crippen molar-refractivity contribution in [3.63, 3.8) is 0 Å². The molecular formula is C15H26N4OS. The molecule has 2 aliphatic rings. The van der Waals surface area contributed by atoms with Gasteiger partial charge in [-0.2, -0.15) is 0 Å². The number of hydrogen-bond acceptors (Lipinski definition) is 6. The number of rotatable bonds is 5. The van der Waals surface area contributed by atoms with E-state index in [0.717, 1.165) is 38.0 Å². The van der Waals surface area contributed by atoms with Crippen LogP contribution in [0.1, 0.15) is 25.0 Å². The van der Waals surface area contributed by atoms with E-state index in [9.17, 15) is 0 Å². The van der Waals surface area contributed by atoms with E-state index in [4.69, 9.17) is 4.74 Å². The van der Waals surface area contributed by atoms with Crippen molar-refractivity contribution < 1.29 is 4.74 Å². The Hall–Kier alpha value is -0.690. The third-order valence-electron chi connectivity index (χ3n) is 4.45. The zero-order valence-corrected chi connectivity index (χ0v) is 13.7. The maximum absolute atomic E-state index is 5.46. The zero-order valence-electron chi connectivity index (χ0n) is 12.9. The number of aromatic nitrogens is 1. The molecule has 1 aromatic heterocycles. The molecule has 0 bridgehead atoms. The SMILES string of the molecule is CNc1nc(CN2CCCC[C@@H]2CN2CCOCC2)cs1. The lowest BCUT2D eigenvalue weighted by atomic mass is 10.0. The van der Waals surface area contributed by atoms with Crippen molar-refractivity contribution >= 4 is 16.5 Å². The first kappa shape index (κ1) is 15.2. The highest BCUT2D eigenvalue weighted by Crippen LogP contribution is 2.22. The van der Waals surface area contributed by atoms with Crippen LogP contribution in [-0.4, -0.2) is 67.3 Å². The molecule has 0 saturated carbocycles. The highest BCUT2D eigenvalue weighted by molar-refractivity contribution is 7.13. The van der Waals surface area contributed by atoms with Crippen molar-refractivity contribution in [1.29, 1.82) is 0 Å². The Balaban J connectivity index is 1.57. The molecule has 3 heterocycles. The van der Waals surface area contributed by atoms with Crippen LogP contribution in [0.2, 0.25) is 0 Å². The normalized spacial score (nSPS) is 25.1. The van der Waals surface area contributed by atoms with Crippen LogP contribution in [0, 0.1) is 0 Å². The number of nitrogens with one attached hydrogen (secondary N) is 1. The smallest absolute Gasteiger partial charge is 0.182 e. The van der Waals surface area contributed by atoms with Gasteiger partial charge in [-0.05, 0) is 19.4 Å². The fraction of sp³-hybridized carbons (Fsp3) is 0.800. The van der Waals surface area contributed by atoms with Gasteiger partial charge in [0.05, 0.1) is 18.9 Å². The zero-order chi connectivity index (χ0) is 14.5. The maximum Gasteiger partial charge on any atom is 0.182 e. The summed E-state index contributed by atoms with van der Waals surface area (Å²) < 4.78 is 5.46. The fourth-order valence-corrected chi connectivity index (χ4v) is 3.92. The Bertz CT molecular complexity index is 433. The molecule has 2 saturated heterocycles. The standard InChI is InChI=1S/C15H26N4OS/c1-16-15-17-13(12-21-15)10-19-5-3-2-4-14(19)11-18-6-8-20-9-7-18/h12,14H,2-11H2,1H3,(H,16,17)/t14-/m1/s1. The van der Waals surface area contributed by atoms with E-state index in [-0.39, 0.29) is 0 Å². The predicted molar refractivity (Wildman–Crippen MR) is 87.0 cm³/mol. The number of anilines is 1. The molecule has 0 aliphatic carbocycles. The van der Waals surface area contributed by atoms with Gasteiger partial charge in [0.1, 0.15) is 0 Å². The minimum atomic E-state index is 0.677. The van der Waals surface area contributed by atoms with Crippen LogP contribution in [0.5, 0.6) is 0 Å². The van der Waals surface area contributed by atoms with E-state index in [1.165, 1.54) is 38.0 Å². The summed E-state index contributed by atoms with van der Waals surface area (Å²) in [6, 6.07) is 0.677. The molecule has 0 aromatic carbocycles. The van der Waals surface area contributed by atoms with Gasteiger partial charge >= 0.3 is 0 Å². The first-order valence-electron chi connectivity index (χ1n) is 8.01. The van der Waals surface area contributed by atoms with E-state index in [0.29, 0.717) is 6.04 Å². The maximum atomic E-state index is 5.46. The van der Waals surface area contributed by atoms with Crippen LogP contribution in [0.4, 0.5) is 5.13 Å². The summed E-state index contributed by atoms with van der Waals surface area (Å²) in [5, 5.41) is 6.34. The Morgan fingerprint density at radius 1 is 1.33 bits per heavy atom. The Morgan fingerprint density at radius 3 is 2.95 bits per heavy atom. The van der Waals surface area contributed by atoms with Gasteiger partial charge in [0.2, 0.25) is 0 Å². The highest BCUT2D eigenvalue weighted by Gasteiger charge is 2.25. The highest BCUT2D eigenvalue weighted by atomic mass is 32.1. The van der Waals surface area contributed by atoms with Gasteiger partial charge in [-0.15, -0.1) is 11.3 Å². The number of hydrogen-bond donors (Lipinski definition) is 1. The van der Waals surface area contributed by atoms with Crippen LogP contribution < -0.4 is 5.32 Å². The Kier molecular flexibility index (Phi) is 5.46. The summed E-state index contributed by atoms with van der Waals surface area (Å²) >= 11 is 1.70. The van der Waals surface area contributed by atoms with Gasteiger partial charge in [-0.3, -0.25) is 9.80 Å². The van der Waals surface area contributed by atoms with E-state index >= 15 is 0 Å². The van der Waals surface area contributed by atoms with Crippen molar-refractivity contribution in [2.24, 2.45) is 0 Å². The molecular weight excluding hydrogens is 284 g/mol. The van der Waals surface area contributed by atoms with Gasteiger partial charge in [-0.25, -0.2) is 4.98 Å². The molecule has 0 amide bonds. The summed E-state index contributed by atoms with van der Waals surface area (Å²) in [4.78, 5) is 9.83. The van der Waals surface area contributed by atoms with Crippen molar-refractivity contribution in [2.75, 3.05) is 51.8 Å². The van der Waals surface area contributed by atoms with Gasteiger partial charge < -0.3 is 10.1 Å². The summed E-state index contributed by atoms with van der Waals surface area (Å²) in [7, 11) is 1.94. The summed E-state index contributed by atoms with van der Waals surface area (Å²) in [6.45, 7) is 7.35. The van der Waals surface area contributed by atoms with Crippen LogP contribution in [-0.2, 0) is 11.3 Å². The van der Waals surface area contributed by atoms with Crippen LogP contribution in [0.3, 0.4) is 0 Å². The molecule has 3 rings (SSSR count). The van der Waals surface area contributed by atoms with Gasteiger partial charge in [0.15, 0.2) is 5.13 Å². The molecule has 1 N–H and O–H groups in total. The topological polar surface area (TPSA) is 40.6 Å². The molecule has 2 aliphatic heterocycles. The van der Waals surface area contributed by atoms with Gasteiger partial charge in [-0.1, -0.05) is 6.42 Å². The number of piperidine rings is 1. The predicted octanol–water partition coefficient (Wildman–Crippen LogP) is 1.87. The largest absolute Gasteiger partial charge is 0.379 e. The van der Waals surface area contributed by atoms with E-state index in [1.54, 1.807) is 11.3 Å². The molecule has 0 radical (unpaired) electrons. The Labute approximate surface area is 131 Å². The van der Waals surface area contributed by atoms with Gasteiger partial charge in [0, 0.05) is 44.6 Å². The van der Waals surface area contributed by atoms with Gasteiger partial charge in [0.25, 0.3) is 0 Å². The molecule has 21 heavy (non-hydrogen) atoms. The number of thiazole rings is 1. The molecule has 0 spiro atoms. The minimum Gasteiger partial charge on any atom is -0.379 e. The minimum absolute atomic E-state index is 0.677. The second kappa shape index (κ2) is 7.54. The number of morpholine rings is 1. The molecule has 1 aromatic rings. The van der Waals surface area contributed by atoms with Crippen LogP contribution in [0.25, 0.3) is 0 Å². The molecule has 0 unspecified atom stereocenters. The third kappa shape index (κ3) is 4.16. The van der Waals surface area contributed by atoms with Crippen molar-refractivity contribution in [2.45, 2.75) is 31.8 Å². The van der Waals surface area contributed by atoms with E-state index in [2.05, 4.69) is 25.5 Å². The van der Waals surface area contributed by atoms with Crippen molar-refractivity contribution in [3.05, 3.63) is 11.1 Å². The second-order valence-corrected chi connectivity index (χ2v) is 6.79. The molecule has 6 heteroatoms. The summed E-state index contributed by atoms with van der Waals surface area (Å²) in [6.07, 6.45) is 4.01. The lowest BCUT2D eigenvalue weighted by Crippen LogP contribution is -2.49.